The maximum Gasteiger partial charge on any atom is 0.255 e. The fraction of sp³-hybridized carbons (Fsp3) is 0.259. The summed E-state index contributed by atoms with van der Waals surface area (Å²) in [4.78, 5) is 28.2. The Balaban J connectivity index is 1.62. The highest BCUT2D eigenvalue weighted by molar-refractivity contribution is 6.04. The van der Waals surface area contributed by atoms with Crippen molar-refractivity contribution in [1.29, 1.82) is 0 Å². The molecule has 2 atom stereocenters. The van der Waals surface area contributed by atoms with Gasteiger partial charge in [0.25, 0.3) is 11.8 Å². The van der Waals surface area contributed by atoms with Crippen LogP contribution in [0, 0.1) is 0 Å². The maximum absolute atomic E-state index is 13.5. The third kappa shape index (κ3) is 5.06. The molecule has 2 unspecified atom stereocenters. The quantitative estimate of drug-likeness (QED) is 0.590. The number of carbonyl (C=O) groups is 2. The number of nitrogens with two attached hydrogens (primary N) is 1. The van der Waals surface area contributed by atoms with E-state index in [-0.39, 0.29) is 23.9 Å². The minimum Gasteiger partial charge on any atom is -0.330 e. The van der Waals surface area contributed by atoms with Gasteiger partial charge in [-0.15, -0.1) is 0 Å². The molecule has 1 aliphatic carbocycles. The lowest BCUT2D eigenvalue weighted by molar-refractivity contribution is 0.0584. The molecule has 1 aliphatic rings. The molecule has 5 nitrogen and oxygen atoms in total. The zero-order chi connectivity index (χ0) is 22.3. The number of nitrogens with zero attached hydrogens (tertiary/aromatic N) is 1. The van der Waals surface area contributed by atoms with Gasteiger partial charge in [-0.1, -0.05) is 67.4 Å². The van der Waals surface area contributed by atoms with Gasteiger partial charge in [-0.25, -0.2) is 0 Å². The lowest BCUT2D eigenvalue weighted by Crippen LogP contribution is -2.51. The van der Waals surface area contributed by atoms with Crippen molar-refractivity contribution in [1.82, 2.24) is 4.90 Å². The van der Waals surface area contributed by atoms with Crippen molar-refractivity contribution < 1.29 is 9.59 Å². The first kappa shape index (κ1) is 21.8. The highest BCUT2D eigenvalue weighted by Gasteiger charge is 2.32. The van der Waals surface area contributed by atoms with E-state index in [1.807, 2.05) is 77.7 Å². The molecule has 3 aromatic rings. The average molecular weight is 428 g/mol. The lowest BCUT2D eigenvalue weighted by Gasteiger charge is -2.39. The summed E-state index contributed by atoms with van der Waals surface area (Å²) in [6, 6.07) is 26.0. The predicted octanol–water partition coefficient (Wildman–Crippen LogP) is 4.85. The number of hydrogen-bond donors (Lipinski definition) is 2. The van der Waals surface area contributed by atoms with Crippen LogP contribution >= 0.6 is 0 Å². The third-order valence-corrected chi connectivity index (χ3v) is 6.11. The van der Waals surface area contributed by atoms with Gasteiger partial charge in [0.05, 0.1) is 0 Å². The van der Waals surface area contributed by atoms with E-state index in [9.17, 15) is 9.59 Å². The topological polar surface area (TPSA) is 75.4 Å². The normalized spacial score (nSPS) is 18.0. The summed E-state index contributed by atoms with van der Waals surface area (Å²) in [5.41, 5.74) is 9.31. The molecule has 0 aliphatic heterocycles. The van der Waals surface area contributed by atoms with Gasteiger partial charge < -0.3 is 16.0 Å². The standard InChI is InChI=1S/C27H29N3O2/c28-23-16-8-10-18-25(23)30(27(32)21-13-5-2-6-14-21)19-22-15-7-9-17-24(22)29-26(31)20-11-3-1-4-12-20/h1-7,9,11-15,17,23,25H,8,10,16,18-19,28H2,(H,29,31). The van der Waals surface area contributed by atoms with Crippen LogP contribution in [0.1, 0.15) is 52.0 Å². The van der Waals surface area contributed by atoms with Gasteiger partial charge in [0.1, 0.15) is 0 Å². The Kier molecular flexibility index (Phi) is 6.97. The van der Waals surface area contributed by atoms with Crippen molar-refractivity contribution in [2.45, 2.75) is 44.3 Å². The van der Waals surface area contributed by atoms with Crippen molar-refractivity contribution in [3.63, 3.8) is 0 Å². The summed E-state index contributed by atoms with van der Waals surface area (Å²) in [7, 11) is 0. The van der Waals surface area contributed by atoms with Gasteiger partial charge in [-0.3, -0.25) is 9.59 Å². The van der Waals surface area contributed by atoms with Crippen LogP contribution in [-0.4, -0.2) is 28.8 Å². The van der Waals surface area contributed by atoms with Gasteiger partial charge in [0.2, 0.25) is 0 Å². The molecule has 0 spiro atoms. The van der Waals surface area contributed by atoms with E-state index in [4.69, 9.17) is 5.73 Å². The number of rotatable bonds is 6. The van der Waals surface area contributed by atoms with E-state index >= 15 is 0 Å². The first-order valence-corrected chi connectivity index (χ1v) is 11.2. The molecule has 0 bridgehead atoms. The fourth-order valence-electron chi connectivity index (χ4n) is 4.36. The van der Waals surface area contributed by atoms with E-state index in [1.165, 1.54) is 0 Å². The zero-order valence-electron chi connectivity index (χ0n) is 18.1. The molecule has 0 radical (unpaired) electrons. The van der Waals surface area contributed by atoms with E-state index in [0.29, 0.717) is 23.4 Å². The van der Waals surface area contributed by atoms with Gasteiger partial charge in [0.15, 0.2) is 0 Å². The van der Waals surface area contributed by atoms with Crippen molar-refractivity contribution in [2.24, 2.45) is 5.73 Å². The second-order valence-corrected chi connectivity index (χ2v) is 8.29. The van der Waals surface area contributed by atoms with Gasteiger partial charge in [-0.05, 0) is 48.7 Å². The molecule has 0 heterocycles. The smallest absolute Gasteiger partial charge is 0.255 e. The first-order chi connectivity index (χ1) is 15.6. The lowest BCUT2D eigenvalue weighted by atomic mass is 9.89. The minimum absolute atomic E-state index is 0.0304. The summed E-state index contributed by atoms with van der Waals surface area (Å²) in [5.74, 6) is -0.203. The Morgan fingerprint density at radius 3 is 2.09 bits per heavy atom. The van der Waals surface area contributed by atoms with E-state index in [1.54, 1.807) is 12.1 Å². The SMILES string of the molecule is NC1CCCCC1N(Cc1ccccc1NC(=O)c1ccccc1)C(=O)c1ccccc1. The Morgan fingerprint density at radius 1 is 0.812 bits per heavy atom. The molecule has 1 fully saturated rings. The van der Waals surface area contributed by atoms with Gasteiger partial charge in [-0.2, -0.15) is 0 Å². The van der Waals surface area contributed by atoms with Crippen molar-refractivity contribution in [3.8, 4) is 0 Å². The van der Waals surface area contributed by atoms with Crippen LogP contribution in [0.25, 0.3) is 0 Å². The number of para-hydroxylation sites is 1. The summed E-state index contributed by atoms with van der Waals surface area (Å²) in [6.07, 6.45) is 3.95. The second-order valence-electron chi connectivity index (χ2n) is 8.29. The molecule has 164 valence electrons. The number of amides is 2. The summed E-state index contributed by atoms with van der Waals surface area (Å²) >= 11 is 0. The summed E-state index contributed by atoms with van der Waals surface area (Å²) in [6.45, 7) is 0.386. The molecule has 0 aromatic heterocycles. The fourth-order valence-corrected chi connectivity index (χ4v) is 4.36. The first-order valence-electron chi connectivity index (χ1n) is 11.2. The van der Waals surface area contributed by atoms with Crippen LogP contribution in [-0.2, 0) is 6.54 Å². The number of benzene rings is 3. The molecule has 5 heteroatoms. The van der Waals surface area contributed by atoms with Crippen molar-refractivity contribution in [2.75, 3.05) is 5.32 Å². The molecule has 0 saturated heterocycles. The van der Waals surface area contributed by atoms with Crippen molar-refractivity contribution in [3.05, 3.63) is 102 Å². The molecule has 3 N–H and O–H groups in total. The largest absolute Gasteiger partial charge is 0.330 e. The van der Waals surface area contributed by atoms with Crippen LogP contribution in [0.3, 0.4) is 0 Å². The third-order valence-electron chi connectivity index (χ3n) is 6.11. The van der Waals surface area contributed by atoms with E-state index in [0.717, 1.165) is 31.2 Å². The monoisotopic (exact) mass is 427 g/mol. The molecule has 3 aromatic carbocycles. The minimum atomic E-state index is -0.173. The molecule has 2 amide bonds. The van der Waals surface area contributed by atoms with Crippen LogP contribution in [0.15, 0.2) is 84.9 Å². The Morgan fingerprint density at radius 2 is 1.41 bits per heavy atom. The average Bonchev–Trinajstić information content (AvgIpc) is 2.85. The highest BCUT2D eigenvalue weighted by atomic mass is 16.2. The Labute approximate surface area is 189 Å². The zero-order valence-corrected chi connectivity index (χ0v) is 18.1. The molecule has 32 heavy (non-hydrogen) atoms. The Bertz CT molecular complexity index is 1050. The summed E-state index contributed by atoms with van der Waals surface area (Å²) < 4.78 is 0. The number of hydrogen-bond acceptors (Lipinski definition) is 3. The second kappa shape index (κ2) is 10.2. The van der Waals surface area contributed by atoms with Crippen molar-refractivity contribution >= 4 is 17.5 Å². The predicted molar refractivity (Wildman–Crippen MR) is 127 cm³/mol. The molecule has 4 rings (SSSR count). The molecular weight excluding hydrogens is 398 g/mol. The van der Waals surface area contributed by atoms with E-state index < -0.39 is 0 Å². The van der Waals surface area contributed by atoms with Gasteiger partial charge in [0, 0.05) is 35.4 Å². The van der Waals surface area contributed by atoms with E-state index in [2.05, 4.69) is 5.32 Å². The summed E-state index contributed by atoms with van der Waals surface area (Å²) in [5, 5.41) is 3.02. The van der Waals surface area contributed by atoms with Crippen LogP contribution in [0.5, 0.6) is 0 Å². The highest BCUT2D eigenvalue weighted by Crippen LogP contribution is 2.27. The molecular formula is C27H29N3O2. The Hall–Kier alpha value is -3.44. The van der Waals surface area contributed by atoms with Crippen LogP contribution in [0.2, 0.25) is 0 Å². The van der Waals surface area contributed by atoms with Crippen LogP contribution in [0.4, 0.5) is 5.69 Å². The van der Waals surface area contributed by atoms with Crippen LogP contribution < -0.4 is 11.1 Å². The number of nitrogens with one attached hydrogen (secondary N) is 1. The van der Waals surface area contributed by atoms with Gasteiger partial charge >= 0.3 is 0 Å². The number of carbonyl (C=O) groups excluding carboxylic acids is 2. The maximum atomic E-state index is 13.5. The molecule has 1 saturated carbocycles. The number of anilines is 1.